The van der Waals surface area contributed by atoms with Crippen LogP contribution in [0.2, 0.25) is 0 Å². The molecule has 18 heavy (non-hydrogen) atoms. The van der Waals surface area contributed by atoms with E-state index in [1.165, 1.54) is 37.8 Å². The van der Waals surface area contributed by atoms with Gasteiger partial charge in [-0.2, -0.15) is 0 Å². The van der Waals surface area contributed by atoms with Gasteiger partial charge in [-0.25, -0.2) is 4.39 Å². The van der Waals surface area contributed by atoms with Crippen molar-refractivity contribution in [3.63, 3.8) is 0 Å². The maximum atomic E-state index is 13.3. The van der Waals surface area contributed by atoms with Gasteiger partial charge in [0.05, 0.1) is 0 Å². The molecule has 1 spiro atoms. The Morgan fingerprint density at radius 1 is 1.17 bits per heavy atom. The van der Waals surface area contributed by atoms with E-state index >= 15 is 0 Å². The number of fused-ring (bicyclic) bond motifs is 1. The summed E-state index contributed by atoms with van der Waals surface area (Å²) in [5, 5.41) is 0. The number of rotatable bonds is 0. The molecule has 0 bridgehead atoms. The fourth-order valence-electron chi connectivity index (χ4n) is 3.37. The lowest BCUT2D eigenvalue weighted by atomic mass is 9.82. The molecule has 1 aliphatic heterocycles. The lowest BCUT2D eigenvalue weighted by Gasteiger charge is -2.41. The van der Waals surface area contributed by atoms with Crippen molar-refractivity contribution in [1.29, 1.82) is 0 Å². The smallest absolute Gasteiger partial charge is 0.125 e. The second-order valence-corrected chi connectivity index (χ2v) is 5.69. The molecule has 3 heteroatoms. The van der Waals surface area contributed by atoms with Gasteiger partial charge in [-0.15, -0.1) is 0 Å². The van der Waals surface area contributed by atoms with Gasteiger partial charge in [0.1, 0.15) is 17.2 Å². The topological polar surface area (TPSA) is 35.2 Å². The predicted molar refractivity (Wildman–Crippen MR) is 69.0 cm³/mol. The monoisotopic (exact) mass is 249 g/mol. The van der Waals surface area contributed by atoms with Crippen LogP contribution in [0, 0.1) is 5.82 Å². The zero-order valence-corrected chi connectivity index (χ0v) is 10.6. The second kappa shape index (κ2) is 4.54. The molecule has 1 aromatic carbocycles. The van der Waals surface area contributed by atoms with Crippen LogP contribution in [0.5, 0.6) is 5.75 Å². The maximum absolute atomic E-state index is 13.3. The Balaban J connectivity index is 1.92. The number of hydrogen-bond acceptors (Lipinski definition) is 2. The third-order valence-electron chi connectivity index (χ3n) is 4.30. The fraction of sp³-hybridized carbons (Fsp3) is 0.600. The maximum Gasteiger partial charge on any atom is 0.125 e. The van der Waals surface area contributed by atoms with E-state index in [1.54, 1.807) is 6.07 Å². The van der Waals surface area contributed by atoms with E-state index in [1.807, 2.05) is 0 Å². The number of benzene rings is 1. The van der Waals surface area contributed by atoms with E-state index in [-0.39, 0.29) is 17.5 Å². The molecule has 1 fully saturated rings. The Morgan fingerprint density at radius 2 is 1.89 bits per heavy atom. The lowest BCUT2D eigenvalue weighted by molar-refractivity contribution is 0.0211. The van der Waals surface area contributed by atoms with Crippen molar-refractivity contribution < 1.29 is 9.13 Å². The Kier molecular flexibility index (Phi) is 3.02. The molecule has 2 nitrogen and oxygen atoms in total. The minimum Gasteiger partial charge on any atom is -0.487 e. The summed E-state index contributed by atoms with van der Waals surface area (Å²) in [6.45, 7) is 0. The SMILES string of the molecule is N[C@@H]1CC2(CCCCCC2)Oc2ccc(F)cc21. The lowest BCUT2D eigenvalue weighted by Crippen LogP contribution is -2.42. The van der Waals surface area contributed by atoms with Gasteiger partial charge >= 0.3 is 0 Å². The summed E-state index contributed by atoms with van der Waals surface area (Å²) >= 11 is 0. The Morgan fingerprint density at radius 3 is 2.61 bits per heavy atom. The Bertz CT molecular complexity index is 438. The molecule has 1 heterocycles. The van der Waals surface area contributed by atoms with Crippen LogP contribution in [0.15, 0.2) is 18.2 Å². The third kappa shape index (κ3) is 2.12. The fourth-order valence-corrected chi connectivity index (χ4v) is 3.37. The highest BCUT2D eigenvalue weighted by Gasteiger charge is 2.39. The van der Waals surface area contributed by atoms with Crippen LogP contribution in [0.4, 0.5) is 4.39 Å². The summed E-state index contributed by atoms with van der Waals surface area (Å²) in [4.78, 5) is 0. The van der Waals surface area contributed by atoms with E-state index in [0.717, 1.165) is 30.6 Å². The highest BCUT2D eigenvalue weighted by molar-refractivity contribution is 5.39. The number of nitrogens with two attached hydrogens (primary N) is 1. The summed E-state index contributed by atoms with van der Waals surface area (Å²) in [6.07, 6.45) is 7.98. The van der Waals surface area contributed by atoms with E-state index in [4.69, 9.17) is 10.5 Å². The molecule has 0 aromatic heterocycles. The van der Waals surface area contributed by atoms with Crippen molar-refractivity contribution in [2.24, 2.45) is 5.73 Å². The van der Waals surface area contributed by atoms with Crippen molar-refractivity contribution in [1.82, 2.24) is 0 Å². The van der Waals surface area contributed by atoms with Crippen LogP contribution in [0.1, 0.15) is 56.6 Å². The van der Waals surface area contributed by atoms with Crippen LogP contribution in [-0.2, 0) is 0 Å². The molecule has 1 aliphatic carbocycles. The van der Waals surface area contributed by atoms with Crippen LogP contribution in [0.25, 0.3) is 0 Å². The number of ether oxygens (including phenoxy) is 1. The van der Waals surface area contributed by atoms with Crippen molar-refractivity contribution in [3.05, 3.63) is 29.6 Å². The molecule has 1 atom stereocenters. The summed E-state index contributed by atoms with van der Waals surface area (Å²) < 4.78 is 19.5. The van der Waals surface area contributed by atoms with E-state index < -0.39 is 0 Å². The van der Waals surface area contributed by atoms with Crippen LogP contribution >= 0.6 is 0 Å². The molecule has 98 valence electrons. The first-order valence-corrected chi connectivity index (χ1v) is 6.93. The molecule has 1 saturated carbocycles. The molecule has 2 aliphatic rings. The molecule has 1 aromatic rings. The van der Waals surface area contributed by atoms with Gasteiger partial charge in [0.25, 0.3) is 0 Å². The molecule has 0 amide bonds. The minimum absolute atomic E-state index is 0.0949. The third-order valence-corrected chi connectivity index (χ3v) is 4.30. The number of hydrogen-bond donors (Lipinski definition) is 1. The zero-order chi connectivity index (χ0) is 12.6. The van der Waals surface area contributed by atoms with E-state index in [0.29, 0.717) is 0 Å². The first-order valence-electron chi connectivity index (χ1n) is 6.93. The van der Waals surface area contributed by atoms with Gasteiger partial charge in [0, 0.05) is 18.0 Å². The number of halogens is 1. The molecule has 0 radical (unpaired) electrons. The van der Waals surface area contributed by atoms with Gasteiger partial charge in [-0.05, 0) is 43.9 Å². The second-order valence-electron chi connectivity index (χ2n) is 5.69. The standard InChI is InChI=1S/C15H20FNO/c16-11-5-6-14-12(9-11)13(17)10-15(18-14)7-3-1-2-4-8-15/h5-6,9,13H,1-4,7-8,10,17H2/t13-/m1/s1. The van der Waals surface area contributed by atoms with Crippen molar-refractivity contribution in [3.8, 4) is 5.75 Å². The largest absolute Gasteiger partial charge is 0.487 e. The van der Waals surface area contributed by atoms with Gasteiger partial charge in [-0.3, -0.25) is 0 Å². The van der Waals surface area contributed by atoms with Gasteiger partial charge < -0.3 is 10.5 Å². The average molecular weight is 249 g/mol. The molecular formula is C15H20FNO. The quantitative estimate of drug-likeness (QED) is 0.761. The highest BCUT2D eigenvalue weighted by Crippen LogP contribution is 2.44. The van der Waals surface area contributed by atoms with E-state index in [9.17, 15) is 4.39 Å². The van der Waals surface area contributed by atoms with Crippen LogP contribution in [-0.4, -0.2) is 5.60 Å². The summed E-state index contributed by atoms with van der Waals surface area (Å²) in [6, 6.07) is 4.61. The Hall–Kier alpha value is -1.09. The molecular weight excluding hydrogens is 229 g/mol. The minimum atomic E-state index is -0.232. The van der Waals surface area contributed by atoms with Crippen molar-refractivity contribution >= 4 is 0 Å². The molecule has 2 N–H and O–H groups in total. The van der Waals surface area contributed by atoms with Crippen molar-refractivity contribution in [2.75, 3.05) is 0 Å². The van der Waals surface area contributed by atoms with Crippen LogP contribution < -0.4 is 10.5 Å². The Labute approximate surface area is 107 Å². The first kappa shape index (κ1) is 12.0. The molecule has 3 rings (SSSR count). The predicted octanol–water partition coefficient (Wildman–Crippen LogP) is 3.70. The molecule has 0 unspecified atom stereocenters. The van der Waals surface area contributed by atoms with Gasteiger partial charge in [0.15, 0.2) is 0 Å². The van der Waals surface area contributed by atoms with Gasteiger partial charge in [0.2, 0.25) is 0 Å². The van der Waals surface area contributed by atoms with Crippen LogP contribution in [0.3, 0.4) is 0 Å². The normalized spacial score (nSPS) is 26.2. The summed E-state index contributed by atoms with van der Waals surface area (Å²) in [5.74, 6) is 0.557. The average Bonchev–Trinajstić information content (AvgIpc) is 2.56. The highest BCUT2D eigenvalue weighted by atomic mass is 19.1. The first-order chi connectivity index (χ1) is 8.69. The zero-order valence-electron chi connectivity index (χ0n) is 10.6. The van der Waals surface area contributed by atoms with E-state index in [2.05, 4.69) is 0 Å². The van der Waals surface area contributed by atoms with Gasteiger partial charge in [-0.1, -0.05) is 12.8 Å². The van der Waals surface area contributed by atoms with Crippen molar-refractivity contribution in [2.45, 2.75) is 56.6 Å². The molecule has 0 saturated heterocycles. The summed E-state index contributed by atoms with van der Waals surface area (Å²) in [7, 11) is 0. The summed E-state index contributed by atoms with van der Waals surface area (Å²) in [5.41, 5.74) is 6.95.